The van der Waals surface area contributed by atoms with Crippen LogP contribution in [0.25, 0.3) is 0 Å². The number of aromatic nitrogens is 2. The number of benzene rings is 1. The van der Waals surface area contributed by atoms with Gasteiger partial charge in [-0.3, -0.25) is 4.79 Å². The maximum absolute atomic E-state index is 12.8. The van der Waals surface area contributed by atoms with Crippen molar-refractivity contribution in [3.63, 3.8) is 0 Å². The first kappa shape index (κ1) is 30.4. The number of phenolic OH excluding ortho intramolecular Hbond substituents is 1. The highest BCUT2D eigenvalue weighted by atomic mass is 28.4. The van der Waals surface area contributed by atoms with E-state index >= 15 is 0 Å². The molecule has 0 bridgehead atoms. The van der Waals surface area contributed by atoms with Gasteiger partial charge in [-0.25, -0.2) is 4.79 Å². The molecule has 0 aliphatic carbocycles. The molecule has 37 heavy (non-hydrogen) atoms. The Morgan fingerprint density at radius 1 is 1.03 bits per heavy atom. The molecule has 2 aromatic rings. The summed E-state index contributed by atoms with van der Waals surface area (Å²) in [6.07, 6.45) is 0.457. The standard InChI is InChI=1S/C27H43N3O6Si/c1-17(2)37(18(3)4,19(5)6)34-16-20(7)35-23-14-21(13-22(31)15-23)25(32)28-24-11-12-30(29-24)26(33)36-27(8,9)10/h11-15,17-20,31H,16H2,1-10H3,(H,28,29,32)/t20-/m0/s1. The summed E-state index contributed by atoms with van der Waals surface area (Å²) in [7, 11) is -2.05. The van der Waals surface area contributed by atoms with Crippen molar-refractivity contribution in [1.82, 2.24) is 9.78 Å². The predicted octanol–water partition coefficient (Wildman–Crippen LogP) is 6.58. The van der Waals surface area contributed by atoms with E-state index in [9.17, 15) is 14.7 Å². The predicted molar refractivity (Wildman–Crippen MR) is 147 cm³/mol. The number of carbonyl (C=O) groups excluding carboxylic acids is 2. The van der Waals surface area contributed by atoms with E-state index in [1.807, 2.05) is 6.92 Å². The topological polar surface area (TPSA) is 112 Å². The zero-order valence-electron chi connectivity index (χ0n) is 23.8. The minimum atomic E-state index is -2.05. The van der Waals surface area contributed by atoms with Crippen LogP contribution in [0.1, 0.15) is 79.6 Å². The molecule has 0 saturated heterocycles. The van der Waals surface area contributed by atoms with E-state index in [4.69, 9.17) is 13.9 Å². The summed E-state index contributed by atoms with van der Waals surface area (Å²) in [5, 5.41) is 16.9. The van der Waals surface area contributed by atoms with Gasteiger partial charge >= 0.3 is 6.09 Å². The van der Waals surface area contributed by atoms with E-state index < -0.39 is 25.9 Å². The second-order valence-corrected chi connectivity index (χ2v) is 16.8. The molecule has 0 aliphatic rings. The van der Waals surface area contributed by atoms with E-state index in [0.29, 0.717) is 29.0 Å². The van der Waals surface area contributed by atoms with E-state index in [0.717, 1.165) is 4.68 Å². The first-order chi connectivity index (χ1) is 17.0. The molecule has 0 fully saturated rings. The Labute approximate surface area is 221 Å². The molecule has 1 aromatic heterocycles. The summed E-state index contributed by atoms with van der Waals surface area (Å²) >= 11 is 0. The number of hydrogen-bond donors (Lipinski definition) is 2. The molecule has 10 heteroatoms. The van der Waals surface area contributed by atoms with Crippen molar-refractivity contribution in [3.8, 4) is 11.5 Å². The molecule has 0 spiro atoms. The zero-order chi connectivity index (χ0) is 28.1. The third kappa shape index (κ3) is 8.06. The zero-order valence-corrected chi connectivity index (χ0v) is 24.8. The Morgan fingerprint density at radius 3 is 2.16 bits per heavy atom. The van der Waals surface area contributed by atoms with E-state index in [1.165, 1.54) is 24.4 Å². The number of hydrogen-bond acceptors (Lipinski definition) is 7. The number of rotatable bonds is 10. The van der Waals surface area contributed by atoms with Crippen molar-refractivity contribution in [2.45, 2.75) is 97.6 Å². The largest absolute Gasteiger partial charge is 0.508 e. The number of nitrogens with zero attached hydrogens (tertiary/aromatic N) is 2. The smallest absolute Gasteiger partial charge is 0.435 e. The Bertz CT molecular complexity index is 1050. The Kier molecular flexibility index (Phi) is 9.95. The lowest BCUT2D eigenvalue weighted by atomic mass is 10.2. The maximum atomic E-state index is 12.8. The quantitative estimate of drug-likeness (QED) is 0.332. The maximum Gasteiger partial charge on any atom is 0.435 e. The highest BCUT2D eigenvalue weighted by molar-refractivity contribution is 6.77. The van der Waals surface area contributed by atoms with Gasteiger partial charge in [-0.2, -0.15) is 4.68 Å². The molecule has 0 unspecified atom stereocenters. The fraction of sp³-hybridized carbons (Fsp3) is 0.593. The fourth-order valence-corrected chi connectivity index (χ4v) is 10.3. The van der Waals surface area contributed by atoms with E-state index in [1.54, 1.807) is 26.8 Å². The lowest BCUT2D eigenvalue weighted by molar-refractivity contribution is 0.0514. The third-order valence-electron chi connectivity index (χ3n) is 6.18. The van der Waals surface area contributed by atoms with Gasteiger partial charge in [-0.05, 0) is 56.5 Å². The van der Waals surface area contributed by atoms with Gasteiger partial charge in [-0.1, -0.05) is 41.5 Å². The van der Waals surface area contributed by atoms with Crippen LogP contribution in [0.2, 0.25) is 16.6 Å². The number of phenols is 1. The molecule has 2 N–H and O–H groups in total. The van der Waals surface area contributed by atoms with Crippen LogP contribution in [0.4, 0.5) is 10.6 Å². The van der Waals surface area contributed by atoms with Gasteiger partial charge in [0.2, 0.25) is 8.32 Å². The van der Waals surface area contributed by atoms with Crippen LogP contribution in [0.3, 0.4) is 0 Å². The molecular formula is C27H43N3O6Si. The number of ether oxygens (including phenoxy) is 2. The number of carbonyl (C=O) groups is 2. The summed E-state index contributed by atoms with van der Waals surface area (Å²) in [6, 6.07) is 5.83. The van der Waals surface area contributed by atoms with Crippen molar-refractivity contribution in [2.75, 3.05) is 11.9 Å². The van der Waals surface area contributed by atoms with E-state index in [-0.39, 0.29) is 23.2 Å². The number of aromatic hydroxyl groups is 1. The molecule has 1 atom stereocenters. The highest BCUT2D eigenvalue weighted by Crippen LogP contribution is 2.42. The molecular weight excluding hydrogens is 490 g/mol. The van der Waals surface area contributed by atoms with Gasteiger partial charge in [0.15, 0.2) is 5.82 Å². The fourth-order valence-electron chi connectivity index (χ4n) is 4.80. The van der Waals surface area contributed by atoms with E-state index in [2.05, 4.69) is 52.0 Å². The lowest BCUT2D eigenvalue weighted by Gasteiger charge is -2.42. The lowest BCUT2D eigenvalue weighted by Crippen LogP contribution is -2.49. The Balaban J connectivity index is 2.09. The third-order valence-corrected chi connectivity index (χ3v) is 12.3. The normalized spacial score (nSPS) is 13.2. The second-order valence-electron chi connectivity index (χ2n) is 11.4. The van der Waals surface area contributed by atoms with Gasteiger partial charge in [0.05, 0.1) is 6.61 Å². The van der Waals surface area contributed by atoms with Gasteiger partial charge < -0.3 is 24.3 Å². The van der Waals surface area contributed by atoms with Crippen LogP contribution in [0.15, 0.2) is 30.5 Å². The summed E-state index contributed by atoms with van der Waals surface area (Å²) in [5.41, 5.74) is 0.873. The monoisotopic (exact) mass is 533 g/mol. The highest BCUT2D eigenvalue weighted by Gasteiger charge is 2.45. The second kappa shape index (κ2) is 12.1. The first-order valence-electron chi connectivity index (χ1n) is 12.8. The molecule has 1 amide bonds. The van der Waals surface area contributed by atoms with Crippen molar-refractivity contribution < 1.29 is 28.6 Å². The minimum Gasteiger partial charge on any atom is -0.508 e. The Hall–Kier alpha value is -2.85. The summed E-state index contributed by atoms with van der Waals surface area (Å²) in [4.78, 5) is 25.0. The van der Waals surface area contributed by atoms with Gasteiger partial charge in [-0.15, -0.1) is 5.10 Å². The van der Waals surface area contributed by atoms with Crippen LogP contribution in [0.5, 0.6) is 11.5 Å². The van der Waals surface area contributed by atoms with Crippen LogP contribution in [-0.2, 0) is 9.16 Å². The summed E-state index contributed by atoms with van der Waals surface area (Å²) < 4.78 is 18.9. The average Bonchev–Trinajstić information content (AvgIpc) is 3.20. The summed E-state index contributed by atoms with van der Waals surface area (Å²) in [6.45, 7) is 21.0. The molecule has 0 aliphatic heterocycles. The SMILES string of the molecule is CC(C)[Si](OC[C@H](C)Oc1cc(O)cc(C(=O)Nc2ccn(C(=O)OC(C)(C)C)n2)c1)(C(C)C)C(C)C. The molecule has 0 saturated carbocycles. The molecule has 0 radical (unpaired) electrons. The molecule has 1 aromatic carbocycles. The van der Waals surface area contributed by atoms with Gasteiger partial charge in [0, 0.05) is 23.9 Å². The number of amides is 1. The molecule has 9 nitrogen and oxygen atoms in total. The van der Waals surface area contributed by atoms with Crippen molar-refractivity contribution in [3.05, 3.63) is 36.0 Å². The van der Waals surface area contributed by atoms with Crippen LogP contribution in [0, 0.1) is 0 Å². The van der Waals surface area contributed by atoms with Crippen molar-refractivity contribution >= 4 is 26.1 Å². The first-order valence-corrected chi connectivity index (χ1v) is 14.9. The number of nitrogens with one attached hydrogen (secondary N) is 1. The van der Waals surface area contributed by atoms with Crippen LogP contribution < -0.4 is 10.1 Å². The molecule has 1 heterocycles. The van der Waals surface area contributed by atoms with Crippen LogP contribution in [-0.4, -0.2) is 53.5 Å². The van der Waals surface area contributed by atoms with Crippen molar-refractivity contribution in [1.29, 1.82) is 0 Å². The molecule has 2 rings (SSSR count). The van der Waals surface area contributed by atoms with Crippen molar-refractivity contribution in [2.24, 2.45) is 0 Å². The average molecular weight is 534 g/mol. The van der Waals surface area contributed by atoms with Crippen LogP contribution >= 0.6 is 0 Å². The van der Waals surface area contributed by atoms with Gasteiger partial charge in [0.1, 0.15) is 23.2 Å². The Morgan fingerprint density at radius 2 is 1.62 bits per heavy atom. The summed E-state index contributed by atoms with van der Waals surface area (Å²) in [5.74, 6) is -0.0949. The van der Waals surface area contributed by atoms with Gasteiger partial charge in [0.25, 0.3) is 5.91 Å². The number of anilines is 1. The molecule has 206 valence electrons. The minimum absolute atomic E-state index is 0.106.